The second-order valence-corrected chi connectivity index (χ2v) is 5.16. The van der Waals surface area contributed by atoms with Crippen LogP contribution in [-0.4, -0.2) is 32.5 Å². The molecule has 1 aliphatic rings. The number of aromatic nitrogens is 2. The fourth-order valence-electron chi connectivity index (χ4n) is 1.36. The van der Waals surface area contributed by atoms with Crippen LogP contribution >= 0.6 is 24.0 Å². The molecule has 1 aromatic rings. The van der Waals surface area contributed by atoms with Gasteiger partial charge in [-0.05, 0) is 13.0 Å². The van der Waals surface area contributed by atoms with Gasteiger partial charge in [0.05, 0.1) is 33.5 Å². The summed E-state index contributed by atoms with van der Waals surface area (Å²) < 4.78 is 11.9. The third kappa shape index (κ3) is 3.11. The van der Waals surface area contributed by atoms with Crippen LogP contribution in [-0.2, 0) is 10.8 Å². The van der Waals surface area contributed by atoms with Crippen molar-refractivity contribution in [3.8, 4) is 0 Å². The maximum Gasteiger partial charge on any atom is 0.218 e. The Balaban J connectivity index is 0.00000112. The van der Waals surface area contributed by atoms with Crippen LogP contribution in [0.4, 0.5) is 0 Å². The van der Waals surface area contributed by atoms with Gasteiger partial charge in [-0.2, -0.15) is 0 Å². The highest BCUT2D eigenvalue weighted by Gasteiger charge is 2.23. The molecule has 1 fully saturated rings. The summed E-state index contributed by atoms with van der Waals surface area (Å²) >= 11 is 5.64. The maximum atomic E-state index is 11.9. The first-order chi connectivity index (χ1) is 6.77. The van der Waals surface area contributed by atoms with Crippen LogP contribution in [0.25, 0.3) is 0 Å². The first kappa shape index (κ1) is 12.8. The summed E-state index contributed by atoms with van der Waals surface area (Å²) in [5.74, 6) is 0. The predicted octanol–water partition coefficient (Wildman–Crippen LogP) is 1.02. The van der Waals surface area contributed by atoms with Crippen LogP contribution in [0.5, 0.6) is 0 Å². The largest absolute Gasteiger partial charge is 0.315 e. The molecule has 0 aliphatic carbocycles. The summed E-state index contributed by atoms with van der Waals surface area (Å²) in [6.45, 7) is 1.70. The number of nitrogens with zero attached hydrogens (tertiary/aromatic N) is 2. The van der Waals surface area contributed by atoms with Crippen molar-refractivity contribution >= 4 is 34.8 Å². The molecule has 15 heavy (non-hydrogen) atoms. The Bertz CT molecular complexity index is 340. The van der Waals surface area contributed by atoms with Gasteiger partial charge in [0.15, 0.2) is 0 Å². The number of hydrogen-bond donors (Lipinski definition) is 1. The predicted molar refractivity (Wildman–Crippen MR) is 62.0 cm³/mol. The third-order valence-electron chi connectivity index (χ3n) is 2.09. The maximum absolute atomic E-state index is 11.9. The molecule has 0 saturated carbocycles. The van der Waals surface area contributed by atoms with Gasteiger partial charge in [0.2, 0.25) is 5.16 Å². The number of hydrogen-bond acceptors (Lipinski definition) is 4. The van der Waals surface area contributed by atoms with Gasteiger partial charge in [-0.25, -0.2) is 9.97 Å². The molecule has 1 unspecified atom stereocenters. The Hall–Kier alpha value is -0.230. The average Bonchev–Trinajstić information content (AvgIpc) is 2.71. The molecule has 2 heterocycles. The molecule has 1 aromatic heterocycles. The van der Waals surface area contributed by atoms with Gasteiger partial charge >= 0.3 is 0 Å². The average molecular weight is 268 g/mol. The van der Waals surface area contributed by atoms with E-state index in [0.717, 1.165) is 19.5 Å². The van der Waals surface area contributed by atoms with Crippen LogP contribution < -0.4 is 5.32 Å². The zero-order valence-electron chi connectivity index (χ0n) is 7.85. The molecule has 0 amide bonds. The second kappa shape index (κ2) is 5.75. The lowest BCUT2D eigenvalue weighted by molar-refractivity contribution is 0.664. The standard InChI is InChI=1S/C8H10ClN3OS.ClH/c9-6-3-11-8(12-4-6)14(13)7-1-2-10-5-7;/h3-4,7,10H,1-2,5H2;1H/t7-,14?;/m1./s1. The molecule has 84 valence electrons. The zero-order valence-corrected chi connectivity index (χ0v) is 10.2. The molecular weight excluding hydrogens is 257 g/mol. The van der Waals surface area contributed by atoms with Crippen LogP contribution in [0.15, 0.2) is 17.6 Å². The van der Waals surface area contributed by atoms with E-state index >= 15 is 0 Å². The van der Waals surface area contributed by atoms with Crippen LogP contribution in [0.1, 0.15) is 6.42 Å². The fourth-order valence-corrected chi connectivity index (χ4v) is 2.67. The quantitative estimate of drug-likeness (QED) is 0.814. The van der Waals surface area contributed by atoms with Crippen LogP contribution in [0.3, 0.4) is 0 Å². The van der Waals surface area contributed by atoms with Crippen molar-refractivity contribution in [1.29, 1.82) is 0 Å². The second-order valence-electron chi connectivity index (χ2n) is 3.10. The summed E-state index contributed by atoms with van der Waals surface area (Å²) in [6.07, 6.45) is 3.87. The highest BCUT2D eigenvalue weighted by atomic mass is 35.5. The molecule has 2 atom stereocenters. The van der Waals surface area contributed by atoms with Gasteiger partial charge in [0.25, 0.3) is 0 Å². The van der Waals surface area contributed by atoms with E-state index in [4.69, 9.17) is 11.6 Å². The summed E-state index contributed by atoms with van der Waals surface area (Å²) in [4.78, 5) is 7.90. The van der Waals surface area contributed by atoms with Crippen molar-refractivity contribution in [2.75, 3.05) is 13.1 Å². The van der Waals surface area contributed by atoms with E-state index in [1.807, 2.05) is 0 Å². The lowest BCUT2D eigenvalue weighted by Crippen LogP contribution is -2.20. The number of nitrogens with one attached hydrogen (secondary N) is 1. The van der Waals surface area contributed by atoms with Gasteiger partial charge in [-0.3, -0.25) is 4.21 Å². The summed E-state index contributed by atoms with van der Waals surface area (Å²) in [5, 5.41) is 4.14. The molecule has 0 aromatic carbocycles. The molecule has 0 spiro atoms. The lowest BCUT2D eigenvalue weighted by Gasteiger charge is -2.05. The van der Waals surface area contributed by atoms with E-state index in [9.17, 15) is 4.21 Å². The molecule has 7 heteroatoms. The molecule has 2 rings (SSSR count). The van der Waals surface area contributed by atoms with Gasteiger partial charge in [-0.1, -0.05) is 11.6 Å². The van der Waals surface area contributed by atoms with E-state index < -0.39 is 10.8 Å². The molecule has 0 bridgehead atoms. The third-order valence-corrected chi connectivity index (χ3v) is 3.87. The Morgan fingerprint density at radius 1 is 1.47 bits per heavy atom. The number of halogens is 2. The summed E-state index contributed by atoms with van der Waals surface area (Å²) in [7, 11) is -1.11. The monoisotopic (exact) mass is 267 g/mol. The molecule has 1 N–H and O–H groups in total. The van der Waals surface area contributed by atoms with E-state index in [1.165, 1.54) is 12.4 Å². The van der Waals surface area contributed by atoms with Crippen molar-refractivity contribution < 1.29 is 4.21 Å². The minimum atomic E-state index is -1.11. The van der Waals surface area contributed by atoms with Crippen molar-refractivity contribution in [3.63, 3.8) is 0 Å². The van der Waals surface area contributed by atoms with Gasteiger partial charge < -0.3 is 5.32 Å². The SMILES string of the molecule is Cl.O=S(c1ncc(Cl)cn1)[C@@H]1CCNC1. The van der Waals surface area contributed by atoms with Crippen molar-refractivity contribution in [2.24, 2.45) is 0 Å². The Morgan fingerprint density at radius 2 is 2.13 bits per heavy atom. The molecular formula is C8H11Cl2N3OS. The minimum absolute atomic E-state index is 0. The lowest BCUT2D eigenvalue weighted by atomic mass is 10.4. The summed E-state index contributed by atoms with van der Waals surface area (Å²) in [6, 6.07) is 0. The topological polar surface area (TPSA) is 54.9 Å². The molecule has 1 saturated heterocycles. The van der Waals surface area contributed by atoms with Crippen molar-refractivity contribution in [2.45, 2.75) is 16.8 Å². The van der Waals surface area contributed by atoms with Gasteiger partial charge in [0, 0.05) is 6.54 Å². The molecule has 4 nitrogen and oxygen atoms in total. The molecule has 1 aliphatic heterocycles. The highest BCUT2D eigenvalue weighted by molar-refractivity contribution is 7.85. The molecule has 0 radical (unpaired) electrons. The Morgan fingerprint density at radius 3 is 2.67 bits per heavy atom. The van der Waals surface area contributed by atoms with E-state index in [2.05, 4.69) is 15.3 Å². The zero-order chi connectivity index (χ0) is 9.97. The van der Waals surface area contributed by atoms with Crippen LogP contribution in [0.2, 0.25) is 5.02 Å². The fraction of sp³-hybridized carbons (Fsp3) is 0.500. The first-order valence-corrected chi connectivity index (χ1v) is 5.95. The van der Waals surface area contributed by atoms with Crippen LogP contribution in [0, 0.1) is 0 Å². The van der Waals surface area contributed by atoms with E-state index in [1.54, 1.807) is 0 Å². The Labute approximate surface area is 102 Å². The van der Waals surface area contributed by atoms with Crippen molar-refractivity contribution in [1.82, 2.24) is 15.3 Å². The number of rotatable bonds is 2. The highest BCUT2D eigenvalue weighted by Crippen LogP contribution is 2.13. The van der Waals surface area contributed by atoms with Gasteiger partial charge in [0.1, 0.15) is 0 Å². The Kier molecular flexibility index (Phi) is 4.92. The summed E-state index contributed by atoms with van der Waals surface area (Å²) in [5.41, 5.74) is 0. The first-order valence-electron chi connectivity index (χ1n) is 4.36. The smallest absolute Gasteiger partial charge is 0.218 e. The minimum Gasteiger partial charge on any atom is -0.315 e. The van der Waals surface area contributed by atoms with Gasteiger partial charge in [-0.15, -0.1) is 12.4 Å². The normalized spacial score (nSPS) is 22.1. The van der Waals surface area contributed by atoms with Crippen molar-refractivity contribution in [3.05, 3.63) is 17.4 Å². The van der Waals surface area contributed by atoms with E-state index in [0.29, 0.717) is 10.2 Å². The van der Waals surface area contributed by atoms with E-state index in [-0.39, 0.29) is 17.7 Å².